The lowest BCUT2D eigenvalue weighted by Crippen LogP contribution is -2.28. The summed E-state index contributed by atoms with van der Waals surface area (Å²) in [5.74, 6) is -0.305. The third-order valence-corrected chi connectivity index (χ3v) is 4.47. The number of carbonyl (C=O) groups excluding carboxylic acids is 3. The number of hydrogen-bond acceptors (Lipinski definition) is 5. The van der Waals surface area contributed by atoms with Crippen LogP contribution in [-0.2, 0) is 20.9 Å². The van der Waals surface area contributed by atoms with Gasteiger partial charge in [0, 0.05) is 30.8 Å². The van der Waals surface area contributed by atoms with Gasteiger partial charge in [-0.15, -0.1) is 0 Å². The van der Waals surface area contributed by atoms with Crippen LogP contribution in [0.15, 0.2) is 48.5 Å². The smallest absolute Gasteiger partial charge is 0.338 e. The van der Waals surface area contributed by atoms with E-state index in [9.17, 15) is 14.4 Å². The summed E-state index contributed by atoms with van der Waals surface area (Å²) < 4.78 is 10.3. The van der Waals surface area contributed by atoms with Gasteiger partial charge in [0.1, 0.15) is 5.75 Å². The number of para-hydroxylation sites is 1. The largest absolute Gasteiger partial charge is 0.496 e. The lowest BCUT2D eigenvalue weighted by molar-refractivity contribution is -0.124. The Morgan fingerprint density at radius 2 is 1.96 bits per heavy atom. The van der Waals surface area contributed by atoms with Gasteiger partial charge in [-0.05, 0) is 30.7 Å². The van der Waals surface area contributed by atoms with Crippen LogP contribution < -0.4 is 15.0 Å². The average Bonchev–Trinajstić information content (AvgIpc) is 3.16. The quantitative estimate of drug-likeness (QED) is 0.743. The fourth-order valence-electron chi connectivity index (χ4n) is 3.03. The lowest BCUT2D eigenvalue weighted by Gasteiger charge is -2.16. The van der Waals surface area contributed by atoms with E-state index in [4.69, 9.17) is 9.47 Å². The van der Waals surface area contributed by atoms with Gasteiger partial charge in [-0.25, -0.2) is 4.79 Å². The molecule has 2 aromatic rings. The van der Waals surface area contributed by atoms with E-state index >= 15 is 0 Å². The van der Waals surface area contributed by atoms with E-state index in [1.54, 1.807) is 42.3 Å². The Hall–Kier alpha value is -3.35. The van der Waals surface area contributed by atoms with E-state index in [1.165, 1.54) is 0 Å². The fraction of sp³-hybridized carbons (Fsp3) is 0.286. The molecular weight excluding hydrogens is 360 g/mol. The third-order valence-electron chi connectivity index (χ3n) is 4.47. The number of benzene rings is 2. The van der Waals surface area contributed by atoms with Crippen molar-refractivity contribution >= 4 is 23.5 Å². The zero-order valence-corrected chi connectivity index (χ0v) is 15.6. The second kappa shape index (κ2) is 9.03. The molecule has 0 atom stereocenters. The summed E-state index contributed by atoms with van der Waals surface area (Å²) in [4.78, 5) is 37.7. The van der Waals surface area contributed by atoms with E-state index in [-0.39, 0.29) is 19.1 Å². The van der Waals surface area contributed by atoms with Crippen LogP contribution >= 0.6 is 0 Å². The van der Waals surface area contributed by atoms with Crippen LogP contribution in [0.5, 0.6) is 5.75 Å². The molecule has 1 aliphatic heterocycles. The number of rotatable bonds is 7. The minimum Gasteiger partial charge on any atom is -0.496 e. The molecule has 0 aromatic heterocycles. The zero-order valence-electron chi connectivity index (χ0n) is 15.6. The minimum absolute atomic E-state index is 0.0428. The summed E-state index contributed by atoms with van der Waals surface area (Å²) >= 11 is 0. The molecule has 7 heteroatoms. The van der Waals surface area contributed by atoms with Gasteiger partial charge in [0.25, 0.3) is 5.91 Å². The van der Waals surface area contributed by atoms with Crippen LogP contribution in [0.2, 0.25) is 0 Å². The number of amides is 2. The maximum absolute atomic E-state index is 12.2. The molecule has 2 aromatic carbocycles. The molecule has 0 spiro atoms. The highest BCUT2D eigenvalue weighted by Gasteiger charge is 2.22. The van der Waals surface area contributed by atoms with Gasteiger partial charge in [-0.1, -0.05) is 24.3 Å². The molecule has 0 saturated carbocycles. The molecule has 0 radical (unpaired) electrons. The monoisotopic (exact) mass is 382 g/mol. The minimum atomic E-state index is -0.610. The van der Waals surface area contributed by atoms with Gasteiger partial charge in [-0.3, -0.25) is 9.59 Å². The van der Waals surface area contributed by atoms with Crippen LogP contribution in [0.25, 0.3) is 0 Å². The second-order valence-electron chi connectivity index (χ2n) is 6.36. The molecular formula is C21H22N2O5. The van der Waals surface area contributed by atoms with Gasteiger partial charge >= 0.3 is 5.97 Å². The first-order valence-electron chi connectivity index (χ1n) is 9.04. The van der Waals surface area contributed by atoms with Crippen molar-refractivity contribution in [2.75, 3.05) is 25.2 Å². The molecule has 1 fully saturated rings. The molecule has 1 saturated heterocycles. The predicted octanol–water partition coefficient (Wildman–Crippen LogP) is 2.30. The molecule has 0 aliphatic carbocycles. The molecule has 0 bridgehead atoms. The van der Waals surface area contributed by atoms with E-state index in [2.05, 4.69) is 5.32 Å². The van der Waals surface area contributed by atoms with Gasteiger partial charge in [0.15, 0.2) is 6.61 Å². The number of methoxy groups -OCH3 is 1. The van der Waals surface area contributed by atoms with Crippen molar-refractivity contribution in [3.8, 4) is 5.75 Å². The van der Waals surface area contributed by atoms with Crippen LogP contribution in [0.1, 0.15) is 28.8 Å². The zero-order chi connectivity index (χ0) is 19.9. The molecule has 2 amide bonds. The molecule has 0 unspecified atom stereocenters. The van der Waals surface area contributed by atoms with Crippen molar-refractivity contribution in [1.29, 1.82) is 0 Å². The molecule has 146 valence electrons. The summed E-state index contributed by atoms with van der Waals surface area (Å²) in [6.45, 7) is 0.524. The molecule has 28 heavy (non-hydrogen) atoms. The topological polar surface area (TPSA) is 84.9 Å². The number of nitrogens with one attached hydrogen (secondary N) is 1. The van der Waals surface area contributed by atoms with E-state index in [0.717, 1.165) is 12.0 Å². The third kappa shape index (κ3) is 4.68. The maximum Gasteiger partial charge on any atom is 0.338 e. The van der Waals surface area contributed by atoms with Gasteiger partial charge < -0.3 is 19.7 Å². The van der Waals surface area contributed by atoms with Crippen LogP contribution in [0.3, 0.4) is 0 Å². The molecule has 3 rings (SSSR count). The van der Waals surface area contributed by atoms with Gasteiger partial charge in [0.2, 0.25) is 5.91 Å². The SMILES string of the molecule is COc1ccccc1CNC(=O)COC(=O)c1cccc(N2CCCC2=O)c1. The number of nitrogens with zero attached hydrogens (tertiary/aromatic N) is 1. The van der Waals surface area contributed by atoms with Crippen LogP contribution in [-0.4, -0.2) is 38.0 Å². The number of esters is 1. The van der Waals surface area contributed by atoms with Crippen LogP contribution in [0, 0.1) is 0 Å². The van der Waals surface area contributed by atoms with Crippen molar-refractivity contribution in [2.24, 2.45) is 0 Å². The Morgan fingerprint density at radius 3 is 2.71 bits per heavy atom. The Bertz CT molecular complexity index is 881. The Kier molecular flexibility index (Phi) is 6.26. The highest BCUT2D eigenvalue weighted by atomic mass is 16.5. The van der Waals surface area contributed by atoms with E-state index in [1.807, 2.05) is 18.2 Å². The highest BCUT2D eigenvalue weighted by Crippen LogP contribution is 2.22. The van der Waals surface area contributed by atoms with Crippen molar-refractivity contribution in [3.63, 3.8) is 0 Å². The van der Waals surface area contributed by atoms with Crippen molar-refractivity contribution in [3.05, 3.63) is 59.7 Å². The molecule has 1 heterocycles. The first-order chi connectivity index (χ1) is 13.6. The standard InChI is InChI=1S/C21H22N2O5/c1-27-18-9-3-2-6-16(18)13-22-19(24)14-28-21(26)15-7-4-8-17(12-15)23-11-5-10-20(23)25/h2-4,6-9,12H,5,10-11,13-14H2,1H3,(H,22,24). The number of carbonyl (C=O) groups is 3. The highest BCUT2D eigenvalue weighted by molar-refractivity contribution is 5.97. The first-order valence-corrected chi connectivity index (χ1v) is 9.04. The molecule has 7 nitrogen and oxygen atoms in total. The molecule has 1 N–H and O–H groups in total. The van der Waals surface area contributed by atoms with Crippen molar-refractivity contribution in [1.82, 2.24) is 5.32 Å². The summed E-state index contributed by atoms with van der Waals surface area (Å²) in [5.41, 5.74) is 1.79. The maximum atomic E-state index is 12.2. The Labute approximate surface area is 163 Å². The average molecular weight is 382 g/mol. The summed E-state index contributed by atoms with van der Waals surface area (Å²) in [6.07, 6.45) is 1.32. The molecule has 1 aliphatic rings. The lowest BCUT2D eigenvalue weighted by atomic mass is 10.2. The summed E-state index contributed by atoms with van der Waals surface area (Å²) in [7, 11) is 1.56. The Balaban J connectivity index is 1.52. The number of ether oxygens (including phenoxy) is 2. The predicted molar refractivity (Wildman–Crippen MR) is 103 cm³/mol. The van der Waals surface area contributed by atoms with E-state index in [0.29, 0.717) is 30.0 Å². The number of hydrogen-bond donors (Lipinski definition) is 1. The Morgan fingerprint density at radius 1 is 1.14 bits per heavy atom. The normalized spacial score (nSPS) is 13.3. The number of anilines is 1. The first kappa shape index (κ1) is 19.4. The summed E-state index contributed by atoms with van der Waals surface area (Å²) in [6, 6.07) is 14.0. The van der Waals surface area contributed by atoms with Crippen molar-refractivity contribution < 1.29 is 23.9 Å². The van der Waals surface area contributed by atoms with Gasteiger partial charge in [-0.2, -0.15) is 0 Å². The second-order valence-corrected chi connectivity index (χ2v) is 6.36. The van der Waals surface area contributed by atoms with Crippen LogP contribution in [0.4, 0.5) is 5.69 Å². The van der Waals surface area contributed by atoms with E-state index < -0.39 is 11.9 Å². The van der Waals surface area contributed by atoms with Crippen molar-refractivity contribution in [2.45, 2.75) is 19.4 Å². The fourth-order valence-corrected chi connectivity index (χ4v) is 3.03. The summed E-state index contributed by atoms with van der Waals surface area (Å²) in [5, 5.41) is 2.69. The van der Waals surface area contributed by atoms with Gasteiger partial charge in [0.05, 0.1) is 12.7 Å².